The minimum atomic E-state index is -5.08. The summed E-state index contributed by atoms with van der Waals surface area (Å²) >= 11 is 12.3. The highest BCUT2D eigenvalue weighted by Crippen LogP contribution is 2.53. The van der Waals surface area contributed by atoms with Crippen LogP contribution in [0.1, 0.15) is 54.6 Å². The van der Waals surface area contributed by atoms with Gasteiger partial charge in [0.15, 0.2) is 6.29 Å². The lowest BCUT2D eigenvalue weighted by Gasteiger charge is -2.37. The van der Waals surface area contributed by atoms with Crippen LogP contribution < -0.4 is 15.4 Å². The number of nitriles is 1. The predicted molar refractivity (Wildman–Crippen MR) is 202 cm³/mol. The number of ether oxygens (including phenoxy) is 3. The van der Waals surface area contributed by atoms with Crippen LogP contribution in [0, 0.1) is 28.4 Å². The van der Waals surface area contributed by atoms with Crippen LogP contribution in [-0.4, -0.2) is 106 Å². The number of benzene rings is 3. The van der Waals surface area contributed by atoms with Gasteiger partial charge < -0.3 is 50.4 Å². The molecule has 2 heterocycles. The first-order valence-electron chi connectivity index (χ1n) is 17.8. The summed E-state index contributed by atoms with van der Waals surface area (Å²) in [5, 5.41) is 63.5. The third-order valence-corrected chi connectivity index (χ3v) is 10.3. The highest BCUT2D eigenvalue weighted by molar-refractivity contribution is 6.31. The van der Waals surface area contributed by atoms with Gasteiger partial charge in [0.2, 0.25) is 5.91 Å². The van der Waals surface area contributed by atoms with Crippen LogP contribution in [0.15, 0.2) is 54.6 Å². The third kappa shape index (κ3) is 10.4. The van der Waals surface area contributed by atoms with Crippen molar-refractivity contribution in [1.29, 1.82) is 5.26 Å². The molecule has 1 amide bonds. The van der Waals surface area contributed by atoms with E-state index in [1.807, 2.05) is 20.8 Å². The molecule has 7 N–H and O–H groups in total. The van der Waals surface area contributed by atoms with E-state index in [1.54, 1.807) is 0 Å². The van der Waals surface area contributed by atoms with Gasteiger partial charge in [0.05, 0.1) is 35.5 Å². The Bertz CT molecular complexity index is 2120. The number of hydrogen-bond donors (Lipinski definition) is 7. The van der Waals surface area contributed by atoms with Gasteiger partial charge in [-0.25, -0.2) is 18.4 Å². The molecule has 0 saturated carbocycles. The first-order chi connectivity index (χ1) is 27.9. The zero-order chi connectivity index (χ0) is 45.1. The van der Waals surface area contributed by atoms with E-state index >= 15 is 8.78 Å². The molecule has 0 radical (unpaired) electrons. The average Bonchev–Trinajstić information content (AvgIpc) is 3.48. The molecule has 326 valence electrons. The fourth-order valence-corrected chi connectivity index (χ4v) is 7.34. The normalized spacial score (nSPS) is 26.6. The van der Waals surface area contributed by atoms with Gasteiger partial charge in [-0.05, 0) is 53.8 Å². The number of methoxy groups -OCH3 is 1. The zero-order valence-corrected chi connectivity index (χ0v) is 33.5. The minimum absolute atomic E-state index is 0.000680. The van der Waals surface area contributed by atoms with Crippen molar-refractivity contribution in [3.63, 3.8) is 0 Å². The largest absolute Gasteiger partial charge is 0.495 e. The number of amides is 1. The number of nitrogens with zero attached hydrogens (tertiary/aromatic N) is 1. The SMILES string of the molecule is COc1cc(C(=O)OC[C@H]2O[C@@H](O)[C@H](O)[C@@H](O)[C@@H]2O)ccc1NC(=O)[C@@H]1N[C@@H](CC(C)(C)C)[C@](C#N)(c2ccc(Cl)cc2F)[C@H]1c1cccc(Cl)c1F.O=C(O)C(F)(F)F. The number of carbonyl (C=O) groups is 3. The fourth-order valence-electron chi connectivity index (χ4n) is 7.00. The number of esters is 1. The van der Waals surface area contributed by atoms with Crippen LogP contribution in [0.5, 0.6) is 5.75 Å². The molecule has 5 rings (SSSR count). The lowest BCUT2D eigenvalue weighted by molar-refractivity contribution is -0.286. The van der Waals surface area contributed by atoms with Crippen molar-refractivity contribution < 1.29 is 76.1 Å². The molecule has 2 fully saturated rings. The fraction of sp³-hybridized carbons (Fsp3) is 0.436. The number of aliphatic hydroxyl groups excluding tert-OH is 4. The Balaban J connectivity index is 0.00000104. The van der Waals surface area contributed by atoms with Crippen LogP contribution in [0.2, 0.25) is 10.0 Å². The smallest absolute Gasteiger partial charge is 0.490 e. The highest BCUT2D eigenvalue weighted by atomic mass is 35.5. The van der Waals surface area contributed by atoms with Crippen LogP contribution in [0.3, 0.4) is 0 Å². The predicted octanol–water partition coefficient (Wildman–Crippen LogP) is 4.83. The number of alkyl halides is 3. The number of rotatable bonds is 9. The molecule has 2 saturated heterocycles. The monoisotopic (exact) mass is 891 g/mol. The van der Waals surface area contributed by atoms with Crippen molar-refractivity contribution in [2.24, 2.45) is 5.41 Å². The maximum atomic E-state index is 16.0. The summed E-state index contributed by atoms with van der Waals surface area (Å²) in [5.41, 5.74) is -2.47. The molecule has 0 aromatic heterocycles. The van der Waals surface area contributed by atoms with Crippen LogP contribution in [-0.2, 0) is 24.5 Å². The summed E-state index contributed by atoms with van der Waals surface area (Å²) in [6.07, 6.45) is -13.2. The number of carboxylic acids is 1. The Morgan fingerprint density at radius 1 is 0.983 bits per heavy atom. The topological polar surface area (TPSA) is 228 Å². The van der Waals surface area contributed by atoms with Gasteiger partial charge in [0.25, 0.3) is 0 Å². The van der Waals surface area contributed by atoms with Crippen molar-refractivity contribution in [3.8, 4) is 11.8 Å². The molecular formula is C39H40Cl2F5N3O11. The summed E-state index contributed by atoms with van der Waals surface area (Å²) in [4.78, 5) is 36.2. The van der Waals surface area contributed by atoms with Gasteiger partial charge in [0, 0.05) is 22.5 Å². The maximum absolute atomic E-state index is 16.0. The third-order valence-electron chi connectivity index (χ3n) is 9.73. The van der Waals surface area contributed by atoms with Crippen LogP contribution in [0.25, 0.3) is 0 Å². The number of aliphatic carboxylic acids is 1. The number of carbonyl (C=O) groups excluding carboxylic acids is 2. The minimum Gasteiger partial charge on any atom is -0.495 e. The molecule has 0 bridgehead atoms. The van der Waals surface area contributed by atoms with Crippen LogP contribution in [0.4, 0.5) is 27.6 Å². The molecule has 3 aromatic rings. The molecule has 0 unspecified atom stereocenters. The maximum Gasteiger partial charge on any atom is 0.490 e. The first-order valence-corrected chi connectivity index (χ1v) is 18.5. The molecule has 0 aliphatic carbocycles. The van der Waals surface area contributed by atoms with E-state index < -0.39 is 102 Å². The molecule has 60 heavy (non-hydrogen) atoms. The Hall–Kier alpha value is -4.65. The summed E-state index contributed by atoms with van der Waals surface area (Å²) in [6, 6.07) is 12.0. The lowest BCUT2D eigenvalue weighted by atomic mass is 9.62. The second kappa shape index (κ2) is 19.0. The number of carboxylic acid groups (broad SMARTS) is 1. The standard InChI is InChI=1S/C37H39Cl2F2N3O9.C2HF3O2/c1-36(2,3)14-26-37(16-42,20-10-9-18(38)13-22(20)40)27(19-6-5-7-21(39)28(19)41)29(44-26)33(48)43-23-11-8-17(12-24(23)51-4)34(49)52-15-25-30(45)31(46)32(47)35(50)53-25;3-2(4,5)1(6)7/h5-13,25-27,29-32,35,44-47,50H,14-15H2,1-4H3,(H,43,48);(H,6,7)/t25-,26+,27+,29-,30-,31+,32-,35-,37+;/m1./s1. The van der Waals surface area contributed by atoms with E-state index in [2.05, 4.69) is 16.7 Å². The van der Waals surface area contributed by atoms with Crippen molar-refractivity contribution in [2.45, 2.75) is 87.5 Å². The van der Waals surface area contributed by atoms with Crippen molar-refractivity contribution in [3.05, 3.63) is 93.0 Å². The van der Waals surface area contributed by atoms with Crippen LogP contribution >= 0.6 is 23.2 Å². The molecule has 14 nitrogen and oxygen atoms in total. The van der Waals surface area contributed by atoms with Gasteiger partial charge in [-0.3, -0.25) is 4.79 Å². The van der Waals surface area contributed by atoms with E-state index in [0.717, 1.165) is 6.07 Å². The summed E-state index contributed by atoms with van der Waals surface area (Å²) in [6.45, 7) is 5.14. The van der Waals surface area contributed by atoms with Gasteiger partial charge in [-0.1, -0.05) is 62.2 Å². The number of hydrogen-bond acceptors (Lipinski definition) is 12. The summed E-state index contributed by atoms with van der Waals surface area (Å²) < 4.78 is 79.4. The number of nitrogens with one attached hydrogen (secondary N) is 2. The van der Waals surface area contributed by atoms with E-state index in [0.29, 0.717) is 0 Å². The summed E-state index contributed by atoms with van der Waals surface area (Å²) in [7, 11) is 1.28. The lowest BCUT2D eigenvalue weighted by Crippen LogP contribution is -2.58. The average molecular weight is 893 g/mol. The summed E-state index contributed by atoms with van der Waals surface area (Å²) in [5.74, 6) is -7.44. The van der Waals surface area contributed by atoms with Gasteiger partial charge in [-0.15, -0.1) is 0 Å². The Labute approximate surface area is 349 Å². The molecule has 2 aliphatic heterocycles. The first kappa shape index (κ1) is 48.0. The van der Waals surface area contributed by atoms with Crippen molar-refractivity contribution in [2.75, 3.05) is 19.0 Å². The van der Waals surface area contributed by atoms with Crippen molar-refractivity contribution >= 4 is 46.7 Å². The van der Waals surface area contributed by atoms with E-state index in [4.69, 9.17) is 47.3 Å². The molecule has 21 heteroatoms. The van der Waals surface area contributed by atoms with E-state index in [-0.39, 0.29) is 44.6 Å². The Kier molecular flexibility index (Phi) is 15.2. The molecule has 9 atom stereocenters. The molecule has 2 aliphatic rings. The Morgan fingerprint density at radius 3 is 2.20 bits per heavy atom. The second-order valence-electron chi connectivity index (χ2n) is 15.0. The van der Waals surface area contributed by atoms with Gasteiger partial charge in [-0.2, -0.15) is 18.4 Å². The number of halogens is 7. The number of aliphatic hydroxyl groups is 4. The molecular weight excluding hydrogens is 852 g/mol. The zero-order valence-electron chi connectivity index (χ0n) is 32.0. The van der Waals surface area contributed by atoms with Gasteiger partial charge in [0.1, 0.15) is 53.8 Å². The number of anilines is 1. The molecule has 0 spiro atoms. The second-order valence-corrected chi connectivity index (χ2v) is 15.9. The molecule has 3 aromatic carbocycles. The quantitative estimate of drug-likeness (QED) is 0.113. The highest BCUT2D eigenvalue weighted by Gasteiger charge is 2.61. The Morgan fingerprint density at radius 2 is 1.63 bits per heavy atom. The van der Waals surface area contributed by atoms with Crippen molar-refractivity contribution in [1.82, 2.24) is 5.32 Å². The van der Waals surface area contributed by atoms with E-state index in [1.165, 1.54) is 55.6 Å². The van der Waals surface area contributed by atoms with Gasteiger partial charge >= 0.3 is 18.1 Å². The van der Waals surface area contributed by atoms with E-state index in [9.17, 15) is 48.4 Å².